The minimum atomic E-state index is -2.20. The summed E-state index contributed by atoms with van der Waals surface area (Å²) >= 11 is 0. The van der Waals surface area contributed by atoms with E-state index >= 15 is 0 Å². The Bertz CT molecular complexity index is 1330. The van der Waals surface area contributed by atoms with Gasteiger partial charge in [-0.3, -0.25) is 4.79 Å². The zero-order valence-electron chi connectivity index (χ0n) is 23.6. The number of fused-ring (bicyclic) bond motifs is 3. The van der Waals surface area contributed by atoms with Crippen LogP contribution in [0.5, 0.6) is 0 Å². The summed E-state index contributed by atoms with van der Waals surface area (Å²) in [6.07, 6.45) is 2.46. The lowest BCUT2D eigenvalue weighted by molar-refractivity contribution is -0.201. The van der Waals surface area contributed by atoms with Gasteiger partial charge in [0.15, 0.2) is 17.5 Å². The molecule has 0 aliphatic heterocycles. The minimum Gasteiger partial charge on any atom is -0.461 e. The molecule has 4 aliphatic carbocycles. The van der Waals surface area contributed by atoms with E-state index in [1.54, 1.807) is 63.3 Å². The van der Waals surface area contributed by atoms with Gasteiger partial charge in [0.25, 0.3) is 0 Å². The summed E-state index contributed by atoms with van der Waals surface area (Å²) in [6, 6.07) is 8.72. The third-order valence-corrected chi connectivity index (χ3v) is 10.2. The molecule has 0 saturated heterocycles. The molecule has 9 atom stereocenters. The zero-order chi connectivity index (χ0) is 29.2. The van der Waals surface area contributed by atoms with Crippen LogP contribution in [0.4, 0.5) is 0 Å². The first-order valence-electron chi connectivity index (χ1n) is 13.9. The monoisotopic (exact) mass is 550 g/mol. The van der Waals surface area contributed by atoms with Crippen molar-refractivity contribution in [1.29, 1.82) is 0 Å². The summed E-state index contributed by atoms with van der Waals surface area (Å²) in [7, 11) is 0. The molecule has 4 aliphatic rings. The maximum absolute atomic E-state index is 14.6. The Hall–Kier alpha value is -3.07. The summed E-state index contributed by atoms with van der Waals surface area (Å²) in [4.78, 5) is 40.1. The minimum absolute atomic E-state index is 0.00402. The van der Waals surface area contributed by atoms with Crippen molar-refractivity contribution in [3.05, 3.63) is 70.8 Å². The predicted octanol–water partition coefficient (Wildman–Crippen LogP) is 3.17. The van der Waals surface area contributed by atoms with Gasteiger partial charge in [-0.1, -0.05) is 50.3 Å². The Morgan fingerprint density at radius 3 is 2.50 bits per heavy atom. The molecule has 0 unspecified atom stereocenters. The lowest BCUT2D eigenvalue weighted by atomic mass is 9.59. The molecule has 5 rings (SSSR count). The normalized spacial score (nSPS) is 40.1. The molecule has 40 heavy (non-hydrogen) atoms. The second-order valence-electron chi connectivity index (χ2n) is 12.2. The molecule has 214 valence electrons. The van der Waals surface area contributed by atoms with Crippen LogP contribution in [0, 0.1) is 34.5 Å². The molecule has 2 bridgehead atoms. The molecule has 2 saturated carbocycles. The Kier molecular flexibility index (Phi) is 6.96. The van der Waals surface area contributed by atoms with Crippen molar-refractivity contribution in [2.45, 2.75) is 58.8 Å². The van der Waals surface area contributed by atoms with Crippen molar-refractivity contribution >= 4 is 17.7 Å². The largest absolute Gasteiger partial charge is 0.461 e. The van der Waals surface area contributed by atoms with E-state index in [9.17, 15) is 29.7 Å². The van der Waals surface area contributed by atoms with Crippen molar-refractivity contribution in [3.63, 3.8) is 0 Å². The van der Waals surface area contributed by atoms with Gasteiger partial charge in [-0.2, -0.15) is 0 Å². The molecule has 0 heterocycles. The van der Waals surface area contributed by atoms with Gasteiger partial charge in [0.05, 0.1) is 24.2 Å². The quantitative estimate of drug-likeness (QED) is 0.280. The van der Waals surface area contributed by atoms with Crippen LogP contribution >= 0.6 is 0 Å². The van der Waals surface area contributed by atoms with Crippen LogP contribution in [-0.2, 0) is 19.1 Å². The average Bonchev–Trinajstić information content (AvgIpc) is 3.48. The number of ketones is 1. The second-order valence-corrected chi connectivity index (χ2v) is 12.2. The molecule has 8 nitrogen and oxygen atoms in total. The average molecular weight is 551 g/mol. The molecule has 0 radical (unpaired) electrons. The van der Waals surface area contributed by atoms with Crippen molar-refractivity contribution in [2.75, 3.05) is 13.2 Å². The molecule has 0 aromatic heterocycles. The maximum atomic E-state index is 14.6. The van der Waals surface area contributed by atoms with Gasteiger partial charge < -0.3 is 24.8 Å². The van der Waals surface area contributed by atoms with E-state index in [-0.39, 0.29) is 29.8 Å². The molecule has 8 heteroatoms. The number of rotatable bonds is 6. The first-order valence-corrected chi connectivity index (χ1v) is 13.9. The van der Waals surface area contributed by atoms with E-state index in [2.05, 4.69) is 0 Å². The first kappa shape index (κ1) is 28.5. The maximum Gasteiger partial charge on any atom is 0.338 e. The van der Waals surface area contributed by atoms with Gasteiger partial charge in [-0.25, -0.2) is 9.59 Å². The van der Waals surface area contributed by atoms with Crippen LogP contribution < -0.4 is 0 Å². The summed E-state index contributed by atoms with van der Waals surface area (Å²) in [5.41, 5.74) is -2.88. The van der Waals surface area contributed by atoms with Gasteiger partial charge in [-0.05, 0) is 68.2 Å². The lowest BCUT2D eigenvalue weighted by Gasteiger charge is -2.48. The summed E-state index contributed by atoms with van der Waals surface area (Å²) < 4.78 is 11.5. The van der Waals surface area contributed by atoms with Crippen LogP contribution in [-0.4, -0.2) is 64.1 Å². The number of Topliss-reactive ketones (excluding diaryl/α,β-unsaturated/α-hetero) is 1. The van der Waals surface area contributed by atoms with Crippen LogP contribution in [0.25, 0.3) is 0 Å². The Labute approximate surface area is 234 Å². The van der Waals surface area contributed by atoms with E-state index in [1.165, 1.54) is 0 Å². The zero-order valence-corrected chi connectivity index (χ0v) is 23.6. The number of esters is 2. The van der Waals surface area contributed by atoms with Crippen molar-refractivity contribution in [2.24, 2.45) is 34.5 Å². The number of hydrogen-bond acceptors (Lipinski definition) is 8. The van der Waals surface area contributed by atoms with Gasteiger partial charge in [0.1, 0.15) is 6.10 Å². The van der Waals surface area contributed by atoms with Crippen molar-refractivity contribution in [3.8, 4) is 0 Å². The van der Waals surface area contributed by atoms with Crippen LogP contribution in [0.1, 0.15) is 51.4 Å². The highest BCUT2D eigenvalue weighted by atomic mass is 16.6. The summed E-state index contributed by atoms with van der Waals surface area (Å²) in [6.45, 7) is 8.38. The van der Waals surface area contributed by atoms with Gasteiger partial charge in [0, 0.05) is 16.9 Å². The van der Waals surface area contributed by atoms with Gasteiger partial charge in [0.2, 0.25) is 0 Å². The third-order valence-electron chi connectivity index (χ3n) is 10.2. The standard InChI is InChI=1S/C32H38O8/c1-6-17(2)28(36)40-27-18(3)14-31-19(4)12-23-24(22(26(31)35)13-21(15-33)25(34)32(27,31)38)30(23,5)16-39-29(37)20-10-8-7-9-11-20/h6-11,13-14,19,22-25,27,33-34,38H,12,15-16H2,1-5H3/b17-6-/t19-,22-,23-,24+,25-,27+,30-,31+,32+/m1/s1. The number of hydrogen-bond donors (Lipinski definition) is 3. The number of aliphatic hydroxyl groups excluding tert-OH is 2. The number of ether oxygens (including phenoxy) is 2. The Morgan fingerprint density at radius 1 is 1.20 bits per heavy atom. The SMILES string of the molecule is C/C=C(/C)C(=O)O[C@H]1C(C)=C[C@]23C(=O)[C@H](C=C(CO)[C@@H](O)[C@]12O)[C@H]1[C@@H](C[C@H]3C)[C@@]1(C)COC(=O)c1ccccc1. The molecule has 1 aromatic rings. The highest BCUT2D eigenvalue weighted by molar-refractivity contribution is 5.96. The van der Waals surface area contributed by atoms with E-state index in [1.807, 2.05) is 19.9 Å². The summed E-state index contributed by atoms with van der Waals surface area (Å²) in [5, 5.41) is 34.4. The number of allylic oxidation sites excluding steroid dienone is 2. The van der Waals surface area contributed by atoms with Crippen molar-refractivity contribution < 1.29 is 39.2 Å². The second kappa shape index (κ2) is 9.79. The van der Waals surface area contributed by atoms with E-state index in [0.717, 1.165) is 0 Å². The lowest BCUT2D eigenvalue weighted by Crippen LogP contribution is -2.65. The van der Waals surface area contributed by atoms with Gasteiger partial charge >= 0.3 is 11.9 Å². The third kappa shape index (κ3) is 3.80. The summed E-state index contributed by atoms with van der Waals surface area (Å²) in [5.74, 6) is -2.79. The molecule has 1 aromatic carbocycles. The van der Waals surface area contributed by atoms with Crippen LogP contribution in [0.3, 0.4) is 0 Å². The van der Waals surface area contributed by atoms with Crippen LogP contribution in [0.2, 0.25) is 0 Å². The molecular formula is C32H38O8. The fourth-order valence-corrected chi connectivity index (χ4v) is 7.82. The van der Waals surface area contributed by atoms with E-state index in [0.29, 0.717) is 23.1 Å². The smallest absolute Gasteiger partial charge is 0.338 e. The first-order chi connectivity index (χ1) is 18.9. The molecule has 2 fully saturated rings. The molecule has 0 amide bonds. The van der Waals surface area contributed by atoms with Crippen LogP contribution in [0.15, 0.2) is 65.3 Å². The number of benzene rings is 1. The number of carbonyl (C=O) groups is 3. The molecular weight excluding hydrogens is 512 g/mol. The van der Waals surface area contributed by atoms with E-state index < -0.39 is 59.0 Å². The number of carbonyl (C=O) groups excluding carboxylic acids is 3. The number of aliphatic hydroxyl groups is 3. The molecule has 1 spiro atoms. The van der Waals surface area contributed by atoms with Crippen molar-refractivity contribution in [1.82, 2.24) is 0 Å². The van der Waals surface area contributed by atoms with E-state index in [4.69, 9.17) is 9.47 Å². The van der Waals surface area contributed by atoms with Gasteiger partial charge in [-0.15, -0.1) is 0 Å². The molecule has 3 N–H and O–H groups in total. The highest BCUT2D eigenvalue weighted by Gasteiger charge is 2.77. The topological polar surface area (TPSA) is 130 Å². The fraction of sp³-hybridized carbons (Fsp3) is 0.531. The Balaban J connectivity index is 1.52. The fourth-order valence-electron chi connectivity index (χ4n) is 7.82. The highest BCUT2D eigenvalue weighted by Crippen LogP contribution is 2.72. The predicted molar refractivity (Wildman–Crippen MR) is 146 cm³/mol. The Morgan fingerprint density at radius 2 is 1.88 bits per heavy atom.